The van der Waals surface area contributed by atoms with Crippen molar-refractivity contribution in [1.29, 1.82) is 0 Å². The number of amides is 1. The highest BCUT2D eigenvalue weighted by atomic mass is 16.3. The Bertz CT molecular complexity index is 507. The quantitative estimate of drug-likeness (QED) is 0.368. The van der Waals surface area contributed by atoms with E-state index >= 15 is 0 Å². The third-order valence-electron chi connectivity index (χ3n) is 3.24. The molecule has 128 valence electrons. The molecule has 0 unspecified atom stereocenters. The van der Waals surface area contributed by atoms with Crippen molar-refractivity contribution in [3.63, 3.8) is 0 Å². The summed E-state index contributed by atoms with van der Waals surface area (Å²) >= 11 is 0. The summed E-state index contributed by atoms with van der Waals surface area (Å²) in [7, 11) is 0. The first-order valence-corrected chi connectivity index (χ1v) is 7.93. The predicted octanol–water partition coefficient (Wildman–Crippen LogP) is 1.71. The molecule has 3 N–H and O–H groups in total. The van der Waals surface area contributed by atoms with Crippen molar-refractivity contribution in [2.75, 3.05) is 26.2 Å². The lowest BCUT2D eigenvalue weighted by Crippen LogP contribution is -2.42. The normalized spacial score (nSPS) is 11.9. The highest BCUT2D eigenvalue weighted by Crippen LogP contribution is 2.15. The molecule has 0 saturated heterocycles. The second-order valence-electron chi connectivity index (χ2n) is 5.83. The number of aliphatic imine (C=N–C) groups is 1. The van der Waals surface area contributed by atoms with Gasteiger partial charge in [-0.05, 0) is 32.9 Å². The maximum Gasteiger partial charge on any atom is 0.227 e. The van der Waals surface area contributed by atoms with Crippen LogP contribution in [0.5, 0.6) is 0 Å². The second kappa shape index (κ2) is 9.71. The van der Waals surface area contributed by atoms with Crippen LogP contribution in [0.2, 0.25) is 0 Å². The molecule has 6 nitrogen and oxygen atoms in total. The van der Waals surface area contributed by atoms with Crippen LogP contribution >= 0.6 is 0 Å². The van der Waals surface area contributed by atoms with Gasteiger partial charge >= 0.3 is 0 Å². The largest absolute Gasteiger partial charge is 0.469 e. The molecule has 1 aromatic rings. The molecular formula is C17H28N4O2. The van der Waals surface area contributed by atoms with Gasteiger partial charge in [0.25, 0.3) is 0 Å². The first-order chi connectivity index (χ1) is 11.0. The van der Waals surface area contributed by atoms with E-state index < -0.39 is 5.41 Å². The maximum atomic E-state index is 12.0. The summed E-state index contributed by atoms with van der Waals surface area (Å²) in [5.74, 6) is 1.58. The molecule has 0 aromatic carbocycles. The summed E-state index contributed by atoms with van der Waals surface area (Å²) < 4.78 is 5.30. The van der Waals surface area contributed by atoms with Crippen LogP contribution in [0.4, 0.5) is 0 Å². The average molecular weight is 320 g/mol. The predicted molar refractivity (Wildman–Crippen MR) is 93.4 cm³/mol. The number of furan rings is 1. The lowest BCUT2D eigenvalue weighted by molar-refractivity contribution is -0.128. The van der Waals surface area contributed by atoms with Crippen LogP contribution < -0.4 is 16.0 Å². The highest BCUT2D eigenvalue weighted by molar-refractivity contribution is 5.83. The van der Waals surface area contributed by atoms with E-state index in [4.69, 9.17) is 4.42 Å². The van der Waals surface area contributed by atoms with Crippen LogP contribution in [0.3, 0.4) is 0 Å². The second-order valence-corrected chi connectivity index (χ2v) is 5.83. The minimum Gasteiger partial charge on any atom is -0.469 e. The van der Waals surface area contributed by atoms with Gasteiger partial charge in [-0.2, -0.15) is 0 Å². The van der Waals surface area contributed by atoms with Gasteiger partial charge in [0.1, 0.15) is 5.76 Å². The first kappa shape index (κ1) is 18.8. The van der Waals surface area contributed by atoms with Gasteiger partial charge in [-0.1, -0.05) is 6.08 Å². The number of hydrogen-bond donors (Lipinski definition) is 3. The summed E-state index contributed by atoms with van der Waals surface area (Å²) in [6.07, 6.45) is 4.19. The van der Waals surface area contributed by atoms with Gasteiger partial charge in [0.2, 0.25) is 5.91 Å². The molecule has 1 aromatic heterocycles. The maximum absolute atomic E-state index is 12.0. The third kappa shape index (κ3) is 7.04. The van der Waals surface area contributed by atoms with E-state index in [1.54, 1.807) is 12.3 Å². The van der Waals surface area contributed by atoms with E-state index in [0.29, 0.717) is 32.1 Å². The van der Waals surface area contributed by atoms with Gasteiger partial charge < -0.3 is 20.4 Å². The van der Waals surface area contributed by atoms with Crippen molar-refractivity contribution >= 4 is 11.9 Å². The Morgan fingerprint density at radius 2 is 2.17 bits per heavy atom. The fourth-order valence-electron chi connectivity index (χ4n) is 1.85. The van der Waals surface area contributed by atoms with Crippen LogP contribution in [0, 0.1) is 5.41 Å². The Balaban J connectivity index is 2.56. The van der Waals surface area contributed by atoms with E-state index in [1.807, 2.05) is 32.9 Å². The monoisotopic (exact) mass is 320 g/mol. The van der Waals surface area contributed by atoms with Crippen LogP contribution in [0.25, 0.3) is 0 Å². The molecule has 1 heterocycles. The SMILES string of the molecule is C=CCNC(=NCC(C)(C)C(=O)NCC)NCCc1ccco1. The van der Waals surface area contributed by atoms with Gasteiger partial charge in [-0.15, -0.1) is 6.58 Å². The van der Waals surface area contributed by atoms with E-state index in [9.17, 15) is 4.79 Å². The summed E-state index contributed by atoms with van der Waals surface area (Å²) in [5, 5.41) is 9.22. The summed E-state index contributed by atoms with van der Waals surface area (Å²) in [6.45, 7) is 11.7. The molecular weight excluding hydrogens is 292 g/mol. The molecule has 0 atom stereocenters. The molecule has 0 radical (unpaired) electrons. The number of carbonyl (C=O) groups excluding carboxylic acids is 1. The minimum absolute atomic E-state index is 0.00223. The highest BCUT2D eigenvalue weighted by Gasteiger charge is 2.26. The average Bonchev–Trinajstić information content (AvgIpc) is 3.03. The molecule has 0 aliphatic heterocycles. The summed E-state index contributed by atoms with van der Waals surface area (Å²) in [4.78, 5) is 16.5. The molecule has 0 saturated carbocycles. The van der Waals surface area contributed by atoms with Gasteiger partial charge in [0.05, 0.1) is 18.2 Å². The Hall–Kier alpha value is -2.24. The zero-order valence-electron chi connectivity index (χ0n) is 14.3. The molecule has 0 aliphatic carbocycles. The molecule has 6 heteroatoms. The standard InChI is InChI=1S/C17H28N4O2/c1-5-10-19-16(20-11-9-14-8-7-12-23-14)21-13-17(3,4)15(22)18-6-2/h5,7-8,12H,1,6,9-11,13H2,2-4H3,(H,18,22)(H2,19,20,21). The van der Waals surface area contributed by atoms with Crippen molar-refractivity contribution in [2.24, 2.45) is 10.4 Å². The summed E-state index contributed by atoms with van der Waals surface area (Å²) in [5.41, 5.74) is -0.556. The van der Waals surface area contributed by atoms with Crippen LogP contribution in [-0.2, 0) is 11.2 Å². The van der Waals surface area contributed by atoms with Crippen molar-refractivity contribution in [2.45, 2.75) is 27.2 Å². The van der Waals surface area contributed by atoms with Crippen LogP contribution in [0.15, 0.2) is 40.5 Å². The van der Waals surface area contributed by atoms with Crippen molar-refractivity contribution < 1.29 is 9.21 Å². The smallest absolute Gasteiger partial charge is 0.227 e. The Morgan fingerprint density at radius 3 is 2.78 bits per heavy atom. The summed E-state index contributed by atoms with van der Waals surface area (Å²) in [6, 6.07) is 3.81. The third-order valence-corrected chi connectivity index (χ3v) is 3.24. The number of nitrogens with zero attached hydrogens (tertiary/aromatic N) is 1. The molecule has 23 heavy (non-hydrogen) atoms. The van der Waals surface area contributed by atoms with Crippen molar-refractivity contribution in [1.82, 2.24) is 16.0 Å². The van der Waals surface area contributed by atoms with Gasteiger partial charge in [0.15, 0.2) is 5.96 Å². The number of rotatable bonds is 9. The van der Waals surface area contributed by atoms with E-state index in [1.165, 1.54) is 0 Å². The fourth-order valence-corrected chi connectivity index (χ4v) is 1.85. The molecule has 0 bridgehead atoms. The van der Waals surface area contributed by atoms with Crippen molar-refractivity contribution in [3.05, 3.63) is 36.8 Å². The molecule has 1 rings (SSSR count). The Labute approximate surface area is 138 Å². The number of carbonyl (C=O) groups is 1. The van der Waals surface area contributed by atoms with Gasteiger partial charge in [-0.25, -0.2) is 0 Å². The Morgan fingerprint density at radius 1 is 1.39 bits per heavy atom. The molecule has 1 amide bonds. The molecule has 0 spiro atoms. The van der Waals surface area contributed by atoms with Crippen molar-refractivity contribution in [3.8, 4) is 0 Å². The molecule has 0 aliphatic rings. The van der Waals surface area contributed by atoms with Gasteiger partial charge in [0, 0.05) is 26.1 Å². The fraction of sp³-hybridized carbons (Fsp3) is 0.529. The Kier molecular flexibility index (Phi) is 7.94. The van der Waals surface area contributed by atoms with E-state index in [-0.39, 0.29) is 5.91 Å². The van der Waals surface area contributed by atoms with E-state index in [0.717, 1.165) is 12.2 Å². The zero-order valence-corrected chi connectivity index (χ0v) is 14.3. The number of guanidine groups is 1. The molecule has 0 fully saturated rings. The van der Waals surface area contributed by atoms with Gasteiger partial charge in [-0.3, -0.25) is 9.79 Å². The van der Waals surface area contributed by atoms with E-state index in [2.05, 4.69) is 27.5 Å². The first-order valence-electron chi connectivity index (χ1n) is 7.93. The lowest BCUT2D eigenvalue weighted by Gasteiger charge is -2.22. The number of nitrogens with one attached hydrogen (secondary N) is 3. The topological polar surface area (TPSA) is 78.7 Å². The minimum atomic E-state index is -0.556. The zero-order chi connectivity index (χ0) is 17.1. The lowest BCUT2D eigenvalue weighted by atomic mass is 9.92. The van der Waals surface area contributed by atoms with Crippen LogP contribution in [0.1, 0.15) is 26.5 Å². The van der Waals surface area contributed by atoms with Crippen LogP contribution in [-0.4, -0.2) is 38.0 Å². The number of hydrogen-bond acceptors (Lipinski definition) is 3.